The van der Waals surface area contributed by atoms with Gasteiger partial charge in [-0.15, -0.1) is 5.10 Å². The minimum atomic E-state index is 0.456. The van der Waals surface area contributed by atoms with Crippen molar-refractivity contribution in [2.45, 2.75) is 40.2 Å². The molecular formula is C16H20N4. The van der Waals surface area contributed by atoms with Crippen LogP contribution >= 0.6 is 0 Å². The summed E-state index contributed by atoms with van der Waals surface area (Å²) in [6, 6.07) is 10.6. The zero-order chi connectivity index (χ0) is 14.5. The average Bonchev–Trinajstić information content (AvgIpc) is 2.79. The minimum absolute atomic E-state index is 0.456. The topological polar surface area (TPSA) is 54.5 Å². The first-order valence-electron chi connectivity index (χ1n) is 6.98. The van der Waals surface area contributed by atoms with Crippen LogP contribution in [0.5, 0.6) is 0 Å². The van der Waals surface area contributed by atoms with Crippen molar-refractivity contribution in [1.82, 2.24) is 15.0 Å². The third-order valence-electron chi connectivity index (χ3n) is 3.25. The third-order valence-corrected chi connectivity index (χ3v) is 3.25. The van der Waals surface area contributed by atoms with Crippen LogP contribution in [-0.2, 0) is 19.4 Å². The van der Waals surface area contributed by atoms with Crippen LogP contribution in [0.25, 0.3) is 0 Å². The number of aromatic nitrogens is 3. The van der Waals surface area contributed by atoms with Gasteiger partial charge in [0, 0.05) is 6.54 Å². The smallest absolute Gasteiger partial charge is 0.185 e. The minimum Gasteiger partial charge on any atom is -0.248 e. The summed E-state index contributed by atoms with van der Waals surface area (Å²) in [6.07, 6.45) is 1.70. The van der Waals surface area contributed by atoms with Crippen LogP contribution in [0.3, 0.4) is 0 Å². The largest absolute Gasteiger partial charge is 0.248 e. The van der Waals surface area contributed by atoms with Gasteiger partial charge in [-0.25, -0.2) is 4.68 Å². The van der Waals surface area contributed by atoms with Crippen molar-refractivity contribution in [1.29, 1.82) is 5.26 Å². The lowest BCUT2D eigenvalue weighted by Crippen LogP contribution is -2.11. The van der Waals surface area contributed by atoms with E-state index in [9.17, 15) is 0 Å². The molecule has 0 spiro atoms. The molecule has 0 aliphatic rings. The first kappa shape index (κ1) is 14.3. The first-order chi connectivity index (χ1) is 9.60. The van der Waals surface area contributed by atoms with E-state index in [1.165, 1.54) is 11.1 Å². The van der Waals surface area contributed by atoms with E-state index in [-0.39, 0.29) is 0 Å². The summed E-state index contributed by atoms with van der Waals surface area (Å²) in [5.74, 6) is 0.487. The molecule has 1 aromatic carbocycles. The van der Waals surface area contributed by atoms with Gasteiger partial charge in [0.15, 0.2) is 5.69 Å². The van der Waals surface area contributed by atoms with Crippen LogP contribution in [0.1, 0.15) is 36.4 Å². The molecule has 2 rings (SSSR count). The molecule has 0 radical (unpaired) electrons. The molecule has 0 aliphatic heterocycles. The number of aryl methyl sites for hydroxylation is 2. The molecule has 0 unspecified atom stereocenters. The summed E-state index contributed by atoms with van der Waals surface area (Å²) >= 11 is 0. The molecule has 20 heavy (non-hydrogen) atoms. The van der Waals surface area contributed by atoms with Crippen LogP contribution in [0.4, 0.5) is 0 Å². The Morgan fingerprint density at radius 2 is 1.90 bits per heavy atom. The molecule has 0 bridgehead atoms. The van der Waals surface area contributed by atoms with Gasteiger partial charge >= 0.3 is 0 Å². The maximum Gasteiger partial charge on any atom is 0.185 e. The van der Waals surface area contributed by atoms with Crippen molar-refractivity contribution in [3.63, 3.8) is 0 Å². The van der Waals surface area contributed by atoms with Gasteiger partial charge in [-0.1, -0.05) is 48.9 Å². The Morgan fingerprint density at radius 1 is 1.20 bits per heavy atom. The highest BCUT2D eigenvalue weighted by molar-refractivity contribution is 5.27. The van der Waals surface area contributed by atoms with Crippen molar-refractivity contribution in [2.75, 3.05) is 0 Å². The Hall–Kier alpha value is -2.15. The van der Waals surface area contributed by atoms with E-state index in [1.54, 1.807) is 0 Å². The molecule has 4 nitrogen and oxygen atoms in total. The van der Waals surface area contributed by atoms with Crippen LogP contribution in [0.15, 0.2) is 24.3 Å². The van der Waals surface area contributed by atoms with Crippen LogP contribution in [0.2, 0.25) is 0 Å². The highest BCUT2D eigenvalue weighted by Crippen LogP contribution is 2.12. The second kappa shape index (κ2) is 6.33. The Bertz CT molecular complexity index is 602. The molecule has 104 valence electrons. The normalized spacial score (nSPS) is 10.8. The maximum absolute atomic E-state index is 9.13. The van der Waals surface area contributed by atoms with Gasteiger partial charge in [0.05, 0.1) is 5.69 Å². The summed E-state index contributed by atoms with van der Waals surface area (Å²) in [5, 5.41) is 17.2. The summed E-state index contributed by atoms with van der Waals surface area (Å²) in [5.41, 5.74) is 3.94. The Kier molecular flexibility index (Phi) is 4.52. The van der Waals surface area contributed by atoms with Gasteiger partial charge in [0.2, 0.25) is 0 Å². The quantitative estimate of drug-likeness (QED) is 0.837. The monoisotopic (exact) mass is 268 g/mol. The Balaban J connectivity index is 2.13. The van der Waals surface area contributed by atoms with Crippen molar-refractivity contribution in [3.8, 4) is 6.07 Å². The average molecular weight is 268 g/mol. The molecule has 0 atom stereocenters. The molecule has 1 aromatic heterocycles. The van der Waals surface area contributed by atoms with Gasteiger partial charge in [0.25, 0.3) is 0 Å². The van der Waals surface area contributed by atoms with E-state index in [1.807, 2.05) is 4.68 Å². The van der Waals surface area contributed by atoms with Gasteiger partial charge in [-0.3, -0.25) is 0 Å². The Morgan fingerprint density at radius 3 is 2.50 bits per heavy atom. The molecule has 0 amide bonds. The second-order valence-corrected chi connectivity index (χ2v) is 5.56. The predicted octanol–water partition coefficient (Wildman–Crippen LogP) is 2.90. The van der Waals surface area contributed by atoms with E-state index < -0.39 is 0 Å². The van der Waals surface area contributed by atoms with E-state index in [2.05, 4.69) is 61.4 Å². The molecule has 0 saturated heterocycles. The summed E-state index contributed by atoms with van der Waals surface area (Å²) < 4.78 is 1.87. The summed E-state index contributed by atoms with van der Waals surface area (Å²) in [7, 11) is 0. The van der Waals surface area contributed by atoms with Crippen molar-refractivity contribution in [2.24, 2.45) is 5.92 Å². The molecule has 0 fully saturated rings. The molecule has 0 saturated carbocycles. The number of nitrogens with zero attached hydrogens (tertiary/aromatic N) is 4. The number of hydrogen-bond donors (Lipinski definition) is 0. The van der Waals surface area contributed by atoms with Gasteiger partial charge in [0.1, 0.15) is 6.07 Å². The lowest BCUT2D eigenvalue weighted by Gasteiger charge is -2.09. The molecule has 0 aliphatic carbocycles. The standard InChI is InChI=1S/C16H20N4/c1-12(2)11-20-16(15(10-17)18-19-20)9-8-14-6-4-13(3)5-7-14/h4-7,12H,8-9,11H2,1-3H3. The lowest BCUT2D eigenvalue weighted by atomic mass is 10.1. The number of nitriles is 1. The SMILES string of the molecule is Cc1ccc(CCc2c(C#N)nnn2CC(C)C)cc1. The fraction of sp³-hybridized carbons (Fsp3) is 0.438. The van der Waals surface area contributed by atoms with E-state index in [4.69, 9.17) is 5.26 Å². The van der Waals surface area contributed by atoms with Gasteiger partial charge < -0.3 is 0 Å². The van der Waals surface area contributed by atoms with Gasteiger partial charge in [-0.05, 0) is 31.2 Å². The van der Waals surface area contributed by atoms with Crippen LogP contribution < -0.4 is 0 Å². The highest BCUT2D eigenvalue weighted by atomic mass is 15.4. The molecule has 4 heteroatoms. The van der Waals surface area contributed by atoms with Crippen molar-refractivity contribution >= 4 is 0 Å². The summed E-state index contributed by atoms with van der Waals surface area (Å²) in [6.45, 7) is 7.16. The van der Waals surface area contributed by atoms with Crippen molar-refractivity contribution < 1.29 is 0 Å². The third kappa shape index (κ3) is 3.45. The van der Waals surface area contributed by atoms with Crippen molar-refractivity contribution in [3.05, 3.63) is 46.8 Å². The molecule has 2 aromatic rings. The zero-order valence-electron chi connectivity index (χ0n) is 12.3. The fourth-order valence-corrected chi connectivity index (χ4v) is 2.18. The zero-order valence-corrected chi connectivity index (χ0v) is 12.3. The molecular weight excluding hydrogens is 248 g/mol. The first-order valence-corrected chi connectivity index (χ1v) is 6.98. The maximum atomic E-state index is 9.13. The number of benzene rings is 1. The van der Waals surface area contributed by atoms with E-state index in [0.717, 1.165) is 25.1 Å². The Labute approximate surface area is 120 Å². The highest BCUT2D eigenvalue weighted by Gasteiger charge is 2.13. The molecule has 0 N–H and O–H groups in total. The van der Waals surface area contributed by atoms with E-state index >= 15 is 0 Å². The van der Waals surface area contributed by atoms with Crippen LogP contribution in [-0.4, -0.2) is 15.0 Å². The fourth-order valence-electron chi connectivity index (χ4n) is 2.18. The number of rotatable bonds is 5. The lowest BCUT2D eigenvalue weighted by molar-refractivity contribution is 0.458. The van der Waals surface area contributed by atoms with Gasteiger partial charge in [-0.2, -0.15) is 5.26 Å². The van der Waals surface area contributed by atoms with Crippen LogP contribution in [0, 0.1) is 24.2 Å². The molecule has 1 heterocycles. The van der Waals surface area contributed by atoms with E-state index in [0.29, 0.717) is 11.6 Å². The second-order valence-electron chi connectivity index (χ2n) is 5.56. The predicted molar refractivity (Wildman–Crippen MR) is 78.2 cm³/mol. The number of hydrogen-bond acceptors (Lipinski definition) is 3. The summed E-state index contributed by atoms with van der Waals surface area (Å²) in [4.78, 5) is 0.